The largest absolute Gasteiger partial charge is 0.370 e. The van der Waals surface area contributed by atoms with E-state index in [-0.39, 0.29) is 6.10 Å². The van der Waals surface area contributed by atoms with Gasteiger partial charge >= 0.3 is 0 Å². The van der Waals surface area contributed by atoms with E-state index in [2.05, 4.69) is 29.5 Å². The second-order valence-corrected chi connectivity index (χ2v) is 10.8. The van der Waals surface area contributed by atoms with Gasteiger partial charge in [0.15, 0.2) is 0 Å². The number of ether oxygens (including phenoxy) is 1. The van der Waals surface area contributed by atoms with Crippen LogP contribution < -0.4 is 0 Å². The lowest BCUT2D eigenvalue weighted by Gasteiger charge is -2.29. The molecule has 2 fully saturated rings. The summed E-state index contributed by atoms with van der Waals surface area (Å²) in [5.41, 5.74) is 3.64. The van der Waals surface area contributed by atoms with Crippen LogP contribution in [0.3, 0.4) is 0 Å². The zero-order valence-corrected chi connectivity index (χ0v) is 21.5. The Labute approximate surface area is 212 Å². The maximum Gasteiger partial charge on any atom is 0.143 e. The molecule has 0 aromatic carbocycles. The maximum absolute atomic E-state index is 9.74. The van der Waals surface area contributed by atoms with E-state index in [4.69, 9.17) is 26.3 Å². The Hall–Kier alpha value is -2.49. The molecule has 3 heterocycles. The van der Waals surface area contributed by atoms with Crippen molar-refractivity contribution in [3.63, 3.8) is 0 Å². The third-order valence-electron chi connectivity index (χ3n) is 7.85. The summed E-state index contributed by atoms with van der Waals surface area (Å²) in [4.78, 5) is 14.2. The van der Waals surface area contributed by atoms with E-state index in [1.54, 1.807) is 12.4 Å². The van der Waals surface area contributed by atoms with Crippen LogP contribution >= 0.6 is 11.6 Å². The van der Waals surface area contributed by atoms with E-state index in [1.807, 2.05) is 12.1 Å². The molecule has 0 spiro atoms. The van der Waals surface area contributed by atoms with E-state index >= 15 is 0 Å². The Morgan fingerprint density at radius 1 is 1.11 bits per heavy atom. The summed E-state index contributed by atoms with van der Waals surface area (Å²) in [6.45, 7) is 5.97. The fourth-order valence-electron chi connectivity index (χ4n) is 6.01. The van der Waals surface area contributed by atoms with Crippen molar-refractivity contribution in [1.29, 1.82) is 5.26 Å². The molecule has 1 unspecified atom stereocenters. The van der Waals surface area contributed by atoms with Gasteiger partial charge in [0.25, 0.3) is 0 Å². The molecule has 0 radical (unpaired) electrons. The van der Waals surface area contributed by atoms with Crippen molar-refractivity contribution in [3.8, 4) is 17.3 Å². The van der Waals surface area contributed by atoms with Crippen LogP contribution in [-0.4, -0.2) is 26.1 Å². The molecule has 2 saturated carbocycles. The van der Waals surface area contributed by atoms with Gasteiger partial charge in [-0.05, 0) is 56.4 Å². The van der Waals surface area contributed by atoms with Gasteiger partial charge in [0.2, 0.25) is 0 Å². The number of imidazole rings is 1. The van der Waals surface area contributed by atoms with Crippen molar-refractivity contribution in [1.82, 2.24) is 19.5 Å². The van der Waals surface area contributed by atoms with Gasteiger partial charge in [0.1, 0.15) is 23.7 Å². The van der Waals surface area contributed by atoms with Crippen LogP contribution in [0.1, 0.15) is 82.8 Å². The van der Waals surface area contributed by atoms with E-state index in [9.17, 15) is 5.26 Å². The number of halogens is 1. The Morgan fingerprint density at radius 2 is 1.89 bits per heavy atom. The van der Waals surface area contributed by atoms with Gasteiger partial charge in [-0.15, -0.1) is 0 Å². The molecule has 3 aromatic rings. The van der Waals surface area contributed by atoms with E-state index in [1.165, 1.54) is 51.4 Å². The van der Waals surface area contributed by atoms with Gasteiger partial charge < -0.3 is 9.30 Å². The average Bonchev–Trinajstić information content (AvgIpc) is 3.52. The summed E-state index contributed by atoms with van der Waals surface area (Å²) >= 11 is 6.31. The molecule has 2 aliphatic carbocycles. The lowest BCUT2D eigenvalue weighted by atomic mass is 9.83. The molecule has 0 N–H and O–H groups in total. The van der Waals surface area contributed by atoms with Crippen LogP contribution in [0.15, 0.2) is 24.5 Å². The summed E-state index contributed by atoms with van der Waals surface area (Å²) in [6, 6.07) is 5.91. The highest BCUT2D eigenvalue weighted by Gasteiger charge is 2.33. The van der Waals surface area contributed by atoms with Gasteiger partial charge in [0, 0.05) is 37.2 Å². The number of rotatable bonds is 7. The fraction of sp³-hybridized carbons (Fsp3) is 0.571. The van der Waals surface area contributed by atoms with Crippen molar-refractivity contribution in [3.05, 3.63) is 41.1 Å². The smallest absolute Gasteiger partial charge is 0.143 e. The molecule has 1 atom stereocenters. The molecule has 184 valence electrons. The zero-order chi connectivity index (χ0) is 24.4. The lowest BCUT2D eigenvalue weighted by molar-refractivity contribution is 0.0114. The van der Waals surface area contributed by atoms with Crippen LogP contribution in [0.2, 0.25) is 5.02 Å². The van der Waals surface area contributed by atoms with Crippen LogP contribution in [0.4, 0.5) is 0 Å². The molecule has 0 amide bonds. The highest BCUT2D eigenvalue weighted by Crippen LogP contribution is 2.41. The highest BCUT2D eigenvalue weighted by molar-refractivity contribution is 6.30. The molecule has 0 saturated heterocycles. The second-order valence-electron chi connectivity index (χ2n) is 10.4. The number of hydrogen-bond acceptors (Lipinski definition) is 5. The summed E-state index contributed by atoms with van der Waals surface area (Å²) in [5, 5.41) is 10.3. The fourth-order valence-corrected chi connectivity index (χ4v) is 6.18. The number of nitrogens with zero attached hydrogens (tertiary/aromatic N) is 5. The SMILES string of the molecule is CCOC(c1nc2cc(C#N)nc(-c3cncc(Cl)c3)c2n1CC1CCC(C)CC1)C1CCCC1. The van der Waals surface area contributed by atoms with Crippen molar-refractivity contribution in [2.24, 2.45) is 17.8 Å². The Morgan fingerprint density at radius 3 is 2.57 bits per heavy atom. The normalized spacial score (nSPS) is 21.9. The van der Waals surface area contributed by atoms with Gasteiger partial charge in [-0.2, -0.15) is 5.26 Å². The minimum Gasteiger partial charge on any atom is -0.370 e. The Bertz CT molecular complexity index is 1220. The first kappa shape index (κ1) is 24.2. The van der Waals surface area contributed by atoms with Crippen LogP contribution in [0.5, 0.6) is 0 Å². The predicted octanol–water partition coefficient (Wildman–Crippen LogP) is 7.11. The molecule has 2 aliphatic rings. The van der Waals surface area contributed by atoms with E-state index in [0.29, 0.717) is 29.2 Å². The third-order valence-corrected chi connectivity index (χ3v) is 8.06. The minimum atomic E-state index is -0.0479. The number of hydrogen-bond donors (Lipinski definition) is 0. The van der Waals surface area contributed by atoms with Gasteiger partial charge in [-0.3, -0.25) is 4.98 Å². The molecule has 6 nitrogen and oxygen atoms in total. The highest BCUT2D eigenvalue weighted by atomic mass is 35.5. The first-order valence-corrected chi connectivity index (χ1v) is 13.5. The molecular formula is C28H34ClN5O. The van der Waals surface area contributed by atoms with Crippen molar-refractivity contribution in [2.45, 2.75) is 77.9 Å². The molecule has 0 bridgehead atoms. The standard InChI is InChI=1S/C28H34ClN5O/c1-3-35-27(20-6-4-5-7-20)28-33-24-13-23(14-30)32-25(21-12-22(29)16-31-15-21)26(24)34(28)17-19-10-8-18(2)9-11-19/h12-13,15-16,18-20,27H,3-11,17H2,1-2H3. The van der Waals surface area contributed by atoms with Crippen LogP contribution in [0, 0.1) is 29.1 Å². The van der Waals surface area contributed by atoms with E-state index < -0.39 is 0 Å². The minimum absolute atomic E-state index is 0.0479. The zero-order valence-electron chi connectivity index (χ0n) is 20.7. The average molecular weight is 492 g/mol. The van der Waals surface area contributed by atoms with Gasteiger partial charge in [0.05, 0.1) is 21.7 Å². The molecule has 0 aliphatic heterocycles. The number of aromatic nitrogens is 4. The molecular weight excluding hydrogens is 458 g/mol. The summed E-state index contributed by atoms with van der Waals surface area (Å²) in [6.07, 6.45) is 13.2. The summed E-state index contributed by atoms with van der Waals surface area (Å²) < 4.78 is 8.78. The maximum atomic E-state index is 9.74. The number of pyridine rings is 2. The van der Waals surface area contributed by atoms with E-state index in [0.717, 1.165) is 40.6 Å². The first-order valence-electron chi connectivity index (χ1n) is 13.1. The van der Waals surface area contributed by atoms with Crippen molar-refractivity contribution < 1.29 is 4.74 Å². The monoisotopic (exact) mass is 491 g/mol. The first-order chi connectivity index (χ1) is 17.1. The van der Waals surface area contributed by atoms with Crippen molar-refractivity contribution >= 4 is 22.6 Å². The molecule has 5 rings (SSSR count). The summed E-state index contributed by atoms with van der Waals surface area (Å²) in [7, 11) is 0. The summed E-state index contributed by atoms with van der Waals surface area (Å²) in [5.74, 6) is 2.85. The molecule has 3 aromatic heterocycles. The van der Waals surface area contributed by atoms with Crippen LogP contribution in [0.25, 0.3) is 22.3 Å². The molecule has 7 heteroatoms. The Kier molecular flexibility index (Phi) is 7.36. The predicted molar refractivity (Wildman–Crippen MR) is 138 cm³/mol. The van der Waals surface area contributed by atoms with Gasteiger partial charge in [-0.1, -0.05) is 44.2 Å². The van der Waals surface area contributed by atoms with Crippen molar-refractivity contribution in [2.75, 3.05) is 6.61 Å². The van der Waals surface area contributed by atoms with Gasteiger partial charge in [-0.25, -0.2) is 9.97 Å². The Balaban J connectivity index is 1.70. The second kappa shape index (κ2) is 10.6. The number of nitriles is 1. The third kappa shape index (κ3) is 5.08. The van der Waals surface area contributed by atoms with Crippen LogP contribution in [-0.2, 0) is 11.3 Å². The topological polar surface area (TPSA) is 76.6 Å². The molecule has 35 heavy (non-hydrogen) atoms. The lowest BCUT2D eigenvalue weighted by Crippen LogP contribution is -2.23. The number of fused-ring (bicyclic) bond motifs is 1. The quantitative estimate of drug-likeness (QED) is 0.352.